The van der Waals surface area contributed by atoms with Crippen molar-refractivity contribution in [2.75, 3.05) is 27.9 Å². The lowest BCUT2D eigenvalue weighted by Crippen LogP contribution is -2.07. The van der Waals surface area contributed by atoms with E-state index >= 15 is 0 Å². The van der Waals surface area contributed by atoms with Crippen LogP contribution in [0.25, 0.3) is 0 Å². The molecule has 1 atom stereocenters. The summed E-state index contributed by atoms with van der Waals surface area (Å²) < 4.78 is 15.6. The van der Waals surface area contributed by atoms with Crippen LogP contribution in [-0.4, -0.2) is 33.0 Å². The van der Waals surface area contributed by atoms with Crippen LogP contribution in [0.5, 0.6) is 17.2 Å². The first-order chi connectivity index (χ1) is 8.17. The summed E-state index contributed by atoms with van der Waals surface area (Å²) in [6.45, 7) is 0.415. The first kappa shape index (κ1) is 13.6. The first-order valence-corrected chi connectivity index (χ1v) is 5.36. The van der Waals surface area contributed by atoms with E-state index in [9.17, 15) is 5.11 Å². The summed E-state index contributed by atoms with van der Waals surface area (Å²) in [6, 6.07) is 3.45. The molecule has 0 aliphatic carbocycles. The third-order valence-electron chi connectivity index (χ3n) is 2.51. The largest absolute Gasteiger partial charge is 0.493 e. The van der Waals surface area contributed by atoms with E-state index in [4.69, 9.17) is 19.9 Å². The zero-order valence-corrected chi connectivity index (χ0v) is 10.4. The molecule has 0 heterocycles. The van der Waals surface area contributed by atoms with Gasteiger partial charge >= 0.3 is 0 Å². The first-order valence-electron chi connectivity index (χ1n) is 5.36. The van der Waals surface area contributed by atoms with Crippen molar-refractivity contribution in [3.8, 4) is 17.2 Å². The molecule has 0 saturated heterocycles. The van der Waals surface area contributed by atoms with Gasteiger partial charge in [0.25, 0.3) is 0 Å². The minimum atomic E-state index is -0.631. The van der Waals surface area contributed by atoms with Gasteiger partial charge in [-0.1, -0.05) is 0 Å². The fourth-order valence-corrected chi connectivity index (χ4v) is 1.62. The number of nitrogens with two attached hydrogens (primary N) is 1. The van der Waals surface area contributed by atoms with E-state index in [2.05, 4.69) is 0 Å². The molecule has 1 aromatic carbocycles. The minimum Gasteiger partial charge on any atom is -0.493 e. The number of hydrogen-bond donors (Lipinski definition) is 2. The lowest BCUT2D eigenvalue weighted by molar-refractivity contribution is 0.169. The van der Waals surface area contributed by atoms with Crippen LogP contribution < -0.4 is 19.9 Å². The van der Waals surface area contributed by atoms with Gasteiger partial charge in [-0.3, -0.25) is 0 Å². The summed E-state index contributed by atoms with van der Waals surface area (Å²) in [5.41, 5.74) is 6.12. The SMILES string of the molecule is COc1cc([C@H](O)CCN)cc(OC)c1OC. The van der Waals surface area contributed by atoms with Gasteiger partial charge in [0.1, 0.15) is 0 Å². The maximum atomic E-state index is 9.89. The Bertz CT molecular complexity index is 343. The van der Waals surface area contributed by atoms with Gasteiger partial charge in [-0.05, 0) is 30.7 Å². The van der Waals surface area contributed by atoms with E-state index in [0.717, 1.165) is 0 Å². The van der Waals surface area contributed by atoms with Crippen molar-refractivity contribution in [1.29, 1.82) is 0 Å². The van der Waals surface area contributed by atoms with Gasteiger partial charge in [0.15, 0.2) is 11.5 Å². The van der Waals surface area contributed by atoms with E-state index in [1.165, 1.54) is 21.3 Å². The van der Waals surface area contributed by atoms with E-state index in [1.54, 1.807) is 12.1 Å². The third-order valence-corrected chi connectivity index (χ3v) is 2.51. The predicted molar refractivity (Wildman–Crippen MR) is 64.7 cm³/mol. The van der Waals surface area contributed by atoms with Gasteiger partial charge in [0.05, 0.1) is 27.4 Å². The average Bonchev–Trinajstić information content (AvgIpc) is 2.37. The molecule has 3 N–H and O–H groups in total. The summed E-state index contributed by atoms with van der Waals surface area (Å²) >= 11 is 0. The van der Waals surface area contributed by atoms with Crippen molar-refractivity contribution in [3.05, 3.63) is 17.7 Å². The average molecular weight is 241 g/mol. The number of methoxy groups -OCH3 is 3. The molecule has 0 aliphatic heterocycles. The van der Waals surface area contributed by atoms with E-state index in [-0.39, 0.29) is 0 Å². The van der Waals surface area contributed by atoms with Gasteiger partial charge < -0.3 is 25.1 Å². The summed E-state index contributed by atoms with van der Waals surface area (Å²) in [7, 11) is 4.61. The lowest BCUT2D eigenvalue weighted by Gasteiger charge is -2.16. The van der Waals surface area contributed by atoms with Crippen LogP contribution in [0.15, 0.2) is 12.1 Å². The highest BCUT2D eigenvalue weighted by Crippen LogP contribution is 2.39. The molecule has 1 rings (SSSR count). The molecule has 0 fully saturated rings. The van der Waals surface area contributed by atoms with Crippen molar-refractivity contribution in [2.45, 2.75) is 12.5 Å². The highest BCUT2D eigenvalue weighted by atomic mass is 16.5. The number of aliphatic hydroxyl groups is 1. The molecule has 0 unspecified atom stereocenters. The van der Waals surface area contributed by atoms with Gasteiger partial charge in [-0.15, -0.1) is 0 Å². The van der Waals surface area contributed by atoms with E-state index < -0.39 is 6.10 Å². The molecule has 96 valence electrons. The molecular formula is C12H19NO4. The van der Waals surface area contributed by atoms with Crippen molar-refractivity contribution >= 4 is 0 Å². The molecule has 17 heavy (non-hydrogen) atoms. The van der Waals surface area contributed by atoms with Crippen molar-refractivity contribution in [3.63, 3.8) is 0 Å². The van der Waals surface area contributed by atoms with Crippen LogP contribution >= 0.6 is 0 Å². The molecule has 0 spiro atoms. The molecule has 0 bridgehead atoms. The fraction of sp³-hybridized carbons (Fsp3) is 0.500. The minimum absolute atomic E-state index is 0.415. The molecular weight excluding hydrogens is 222 g/mol. The Morgan fingerprint density at radius 1 is 1.12 bits per heavy atom. The topological polar surface area (TPSA) is 73.9 Å². The zero-order valence-electron chi connectivity index (χ0n) is 10.4. The van der Waals surface area contributed by atoms with Crippen molar-refractivity contribution < 1.29 is 19.3 Å². The number of aliphatic hydroxyl groups excluding tert-OH is 1. The summed E-state index contributed by atoms with van der Waals surface area (Å²) in [5, 5.41) is 9.89. The molecule has 5 heteroatoms. The zero-order chi connectivity index (χ0) is 12.8. The van der Waals surface area contributed by atoms with Crippen LogP contribution in [0.3, 0.4) is 0 Å². The van der Waals surface area contributed by atoms with E-state index in [1.807, 2.05) is 0 Å². The Balaban J connectivity index is 3.17. The predicted octanol–water partition coefficient (Wildman–Crippen LogP) is 1.09. The summed E-state index contributed by atoms with van der Waals surface area (Å²) in [6.07, 6.45) is -0.146. The van der Waals surface area contributed by atoms with Gasteiger partial charge in [0.2, 0.25) is 5.75 Å². The second kappa shape index (κ2) is 6.32. The normalized spacial score (nSPS) is 12.1. The number of benzene rings is 1. The molecule has 0 radical (unpaired) electrons. The highest BCUT2D eigenvalue weighted by molar-refractivity contribution is 5.54. The second-order valence-electron chi connectivity index (χ2n) is 3.55. The highest BCUT2D eigenvalue weighted by Gasteiger charge is 2.16. The Kier molecular flexibility index (Phi) is 5.06. The van der Waals surface area contributed by atoms with Gasteiger partial charge in [0, 0.05) is 0 Å². The summed E-state index contributed by atoms with van der Waals surface area (Å²) in [5.74, 6) is 1.56. The molecule has 0 aliphatic rings. The Hall–Kier alpha value is -1.46. The third kappa shape index (κ3) is 3.01. The fourth-order valence-electron chi connectivity index (χ4n) is 1.62. The second-order valence-corrected chi connectivity index (χ2v) is 3.55. The van der Waals surface area contributed by atoms with Crippen molar-refractivity contribution in [2.24, 2.45) is 5.73 Å². The van der Waals surface area contributed by atoms with Gasteiger partial charge in [-0.25, -0.2) is 0 Å². The Labute approximate surface area is 101 Å². The molecule has 1 aromatic rings. The van der Waals surface area contributed by atoms with E-state index in [0.29, 0.717) is 35.8 Å². The lowest BCUT2D eigenvalue weighted by atomic mass is 10.1. The van der Waals surface area contributed by atoms with Crippen molar-refractivity contribution in [1.82, 2.24) is 0 Å². The molecule has 0 saturated carbocycles. The monoisotopic (exact) mass is 241 g/mol. The Morgan fingerprint density at radius 3 is 2.00 bits per heavy atom. The molecule has 5 nitrogen and oxygen atoms in total. The maximum absolute atomic E-state index is 9.89. The van der Waals surface area contributed by atoms with Crippen LogP contribution in [0.4, 0.5) is 0 Å². The Morgan fingerprint density at radius 2 is 1.65 bits per heavy atom. The quantitative estimate of drug-likeness (QED) is 0.780. The standard InChI is InChI=1S/C12H19NO4/c1-15-10-6-8(9(14)4-5-13)7-11(16-2)12(10)17-3/h6-7,9,14H,4-5,13H2,1-3H3/t9-/m1/s1. The number of ether oxygens (including phenoxy) is 3. The van der Waals surface area contributed by atoms with Crippen LogP contribution in [0.2, 0.25) is 0 Å². The number of hydrogen-bond acceptors (Lipinski definition) is 5. The maximum Gasteiger partial charge on any atom is 0.203 e. The molecule has 0 amide bonds. The smallest absolute Gasteiger partial charge is 0.203 e. The van der Waals surface area contributed by atoms with Gasteiger partial charge in [-0.2, -0.15) is 0 Å². The van der Waals surface area contributed by atoms with Crippen LogP contribution in [0, 0.1) is 0 Å². The van der Waals surface area contributed by atoms with Crippen LogP contribution in [0.1, 0.15) is 18.1 Å². The van der Waals surface area contributed by atoms with Crippen LogP contribution in [-0.2, 0) is 0 Å². The molecule has 0 aromatic heterocycles. The number of rotatable bonds is 6. The summed E-state index contributed by atoms with van der Waals surface area (Å²) in [4.78, 5) is 0.